The summed E-state index contributed by atoms with van der Waals surface area (Å²) in [5, 5.41) is 15.5. The summed E-state index contributed by atoms with van der Waals surface area (Å²) in [6, 6.07) is 8.90. The molecule has 0 unspecified atom stereocenters. The van der Waals surface area contributed by atoms with E-state index in [0.29, 0.717) is 37.1 Å². The number of carbonyl (C=O) groups excluding carboxylic acids is 2. The van der Waals surface area contributed by atoms with Gasteiger partial charge in [-0.15, -0.1) is 0 Å². The Morgan fingerprint density at radius 3 is 2.64 bits per heavy atom. The van der Waals surface area contributed by atoms with Gasteiger partial charge in [0.2, 0.25) is 0 Å². The van der Waals surface area contributed by atoms with Crippen LogP contribution in [0.5, 0.6) is 11.5 Å². The average molecular weight is 639 g/mol. The number of nitrogens with zero attached hydrogens (tertiary/aromatic N) is 5. The van der Waals surface area contributed by atoms with Crippen LogP contribution in [0, 0.1) is 12.8 Å². The molecule has 5 rings (SSSR count). The van der Waals surface area contributed by atoms with Crippen LogP contribution < -0.4 is 31.4 Å². The Kier molecular flexibility index (Phi) is 9.83. The second-order valence-electron chi connectivity index (χ2n) is 10.8. The molecule has 7 N–H and O–H groups in total. The van der Waals surface area contributed by atoms with Crippen LogP contribution in [0.3, 0.4) is 0 Å². The standard InChI is InChI=1S/C30H36ClN9O5/c1-3-39-22-12-19(45-16-24(42)34-13-20-23(41)7-4-17(2)36-20)5-6-21(22)40(15-18-8-10-44-11-9-18)25(39)14-35-30(43)26-28(32)38-29(33)27(31)37-26/h4-7,12,18H,3,8-11,13-16H2,1-2H3,(H6-,32,33,34,35,38,41,42,43)/p+1. The van der Waals surface area contributed by atoms with Gasteiger partial charge in [0.1, 0.15) is 23.7 Å². The van der Waals surface area contributed by atoms with Gasteiger partial charge in [-0.1, -0.05) is 11.6 Å². The number of pyridine rings is 1. The molecule has 238 valence electrons. The fraction of sp³-hybridized carbons (Fsp3) is 0.400. The molecule has 0 spiro atoms. The van der Waals surface area contributed by atoms with Crippen molar-refractivity contribution >= 4 is 46.1 Å². The highest BCUT2D eigenvalue weighted by molar-refractivity contribution is 6.31. The molecule has 1 aliphatic rings. The second kappa shape index (κ2) is 13.9. The number of amides is 2. The Bertz CT molecular complexity index is 1720. The van der Waals surface area contributed by atoms with Crippen LogP contribution >= 0.6 is 11.6 Å². The van der Waals surface area contributed by atoms with Gasteiger partial charge in [-0.3, -0.25) is 14.6 Å². The Labute approximate surface area is 264 Å². The number of nitrogens with one attached hydrogen (secondary N) is 2. The smallest absolute Gasteiger partial charge is 0.277 e. The van der Waals surface area contributed by atoms with Gasteiger partial charge in [0.05, 0.1) is 19.6 Å². The van der Waals surface area contributed by atoms with Crippen molar-refractivity contribution < 1.29 is 28.7 Å². The van der Waals surface area contributed by atoms with E-state index in [1.165, 1.54) is 0 Å². The van der Waals surface area contributed by atoms with E-state index in [2.05, 4.69) is 34.7 Å². The Morgan fingerprint density at radius 2 is 1.89 bits per heavy atom. The number of anilines is 2. The van der Waals surface area contributed by atoms with E-state index in [9.17, 15) is 14.7 Å². The number of ether oxygens (including phenoxy) is 2. The van der Waals surface area contributed by atoms with Gasteiger partial charge < -0.3 is 36.7 Å². The van der Waals surface area contributed by atoms with Gasteiger partial charge in [0, 0.05) is 30.9 Å². The molecule has 2 amide bonds. The zero-order valence-corrected chi connectivity index (χ0v) is 25.9. The summed E-state index contributed by atoms with van der Waals surface area (Å²) in [5.74, 6) is 0.734. The summed E-state index contributed by atoms with van der Waals surface area (Å²) in [6.07, 6.45) is 1.86. The molecular formula is C30H37ClN9O5+. The van der Waals surface area contributed by atoms with Crippen molar-refractivity contribution in [1.29, 1.82) is 0 Å². The van der Waals surface area contributed by atoms with E-state index in [1.807, 2.05) is 32.0 Å². The quantitative estimate of drug-likeness (QED) is 0.152. The highest BCUT2D eigenvalue weighted by Crippen LogP contribution is 2.24. The number of hydrogen-bond acceptors (Lipinski definition) is 10. The molecule has 0 saturated carbocycles. The monoisotopic (exact) mass is 638 g/mol. The van der Waals surface area contributed by atoms with Crippen LogP contribution in [-0.2, 0) is 35.7 Å². The normalized spacial score (nSPS) is 13.6. The molecule has 1 saturated heterocycles. The summed E-state index contributed by atoms with van der Waals surface area (Å²) in [7, 11) is 0. The number of nitrogen functional groups attached to an aromatic ring is 2. The van der Waals surface area contributed by atoms with Crippen molar-refractivity contribution in [2.45, 2.75) is 52.9 Å². The summed E-state index contributed by atoms with van der Waals surface area (Å²) >= 11 is 6.00. The summed E-state index contributed by atoms with van der Waals surface area (Å²) in [5.41, 5.74) is 14.4. The van der Waals surface area contributed by atoms with Crippen LogP contribution in [0.25, 0.3) is 11.0 Å². The lowest BCUT2D eigenvalue weighted by Gasteiger charge is -2.21. The molecule has 0 aliphatic carbocycles. The number of nitrogens with two attached hydrogens (primary N) is 2. The van der Waals surface area contributed by atoms with Crippen molar-refractivity contribution in [2.75, 3.05) is 31.3 Å². The molecule has 4 aromatic rings. The number of aromatic nitrogens is 5. The van der Waals surface area contributed by atoms with E-state index >= 15 is 0 Å². The zero-order valence-electron chi connectivity index (χ0n) is 25.2. The highest BCUT2D eigenvalue weighted by Gasteiger charge is 2.29. The van der Waals surface area contributed by atoms with Crippen LogP contribution in [0.4, 0.5) is 11.6 Å². The number of hydrogen-bond donors (Lipinski definition) is 5. The Morgan fingerprint density at radius 1 is 1.11 bits per heavy atom. The third-order valence-electron chi connectivity index (χ3n) is 7.69. The first-order chi connectivity index (χ1) is 21.6. The molecule has 0 atom stereocenters. The summed E-state index contributed by atoms with van der Waals surface area (Å²) in [4.78, 5) is 37.8. The van der Waals surface area contributed by atoms with Gasteiger partial charge in [-0.2, -0.15) is 0 Å². The van der Waals surface area contributed by atoms with Gasteiger partial charge >= 0.3 is 0 Å². The molecule has 14 nitrogen and oxygen atoms in total. The highest BCUT2D eigenvalue weighted by atomic mass is 35.5. The first-order valence-corrected chi connectivity index (χ1v) is 15.1. The van der Waals surface area contributed by atoms with Crippen molar-refractivity contribution in [3.05, 3.63) is 58.4 Å². The van der Waals surface area contributed by atoms with E-state index in [1.54, 1.807) is 12.1 Å². The largest absolute Gasteiger partial charge is 0.506 e. The van der Waals surface area contributed by atoms with Crippen molar-refractivity contribution in [1.82, 2.24) is 30.2 Å². The van der Waals surface area contributed by atoms with E-state index in [4.69, 9.17) is 32.5 Å². The molecule has 0 bridgehead atoms. The Hall–Kier alpha value is -4.69. The molecule has 1 aromatic carbocycles. The zero-order chi connectivity index (χ0) is 32.1. The lowest BCUT2D eigenvalue weighted by atomic mass is 10.0. The molecule has 3 aromatic heterocycles. The molecule has 45 heavy (non-hydrogen) atoms. The van der Waals surface area contributed by atoms with Gasteiger partial charge in [-0.25, -0.2) is 19.1 Å². The van der Waals surface area contributed by atoms with Crippen LogP contribution in [0.15, 0.2) is 30.3 Å². The number of halogens is 1. The number of aryl methyl sites for hydroxylation is 2. The predicted octanol–water partition coefficient (Wildman–Crippen LogP) is 2.02. The minimum absolute atomic E-state index is 0.0160. The second-order valence-corrected chi connectivity index (χ2v) is 11.1. The minimum atomic E-state index is -0.531. The van der Waals surface area contributed by atoms with Crippen LogP contribution in [-0.4, -0.2) is 56.3 Å². The number of imidazole rings is 1. The fourth-order valence-corrected chi connectivity index (χ4v) is 5.49. The van der Waals surface area contributed by atoms with Crippen LogP contribution in [0.1, 0.15) is 47.5 Å². The lowest BCUT2D eigenvalue weighted by Crippen LogP contribution is -2.44. The Balaban J connectivity index is 1.36. The first kappa shape index (κ1) is 31.7. The van der Waals surface area contributed by atoms with Crippen molar-refractivity contribution in [2.24, 2.45) is 5.92 Å². The van der Waals surface area contributed by atoms with E-state index in [-0.39, 0.29) is 53.8 Å². The van der Waals surface area contributed by atoms with Gasteiger partial charge in [0.15, 0.2) is 40.1 Å². The number of fused-ring (bicyclic) bond motifs is 1. The summed E-state index contributed by atoms with van der Waals surface area (Å²) in [6.45, 7) is 6.61. The molecule has 1 fully saturated rings. The topological polar surface area (TPSA) is 196 Å². The number of benzene rings is 1. The fourth-order valence-electron chi connectivity index (χ4n) is 5.36. The maximum absolute atomic E-state index is 13.1. The lowest BCUT2D eigenvalue weighted by molar-refractivity contribution is -0.687. The molecule has 15 heteroatoms. The first-order valence-electron chi connectivity index (χ1n) is 14.7. The molecule has 4 heterocycles. The predicted molar refractivity (Wildman–Crippen MR) is 166 cm³/mol. The van der Waals surface area contributed by atoms with E-state index < -0.39 is 5.91 Å². The van der Waals surface area contributed by atoms with Gasteiger partial charge in [0.25, 0.3) is 17.6 Å². The summed E-state index contributed by atoms with van der Waals surface area (Å²) < 4.78 is 15.7. The maximum Gasteiger partial charge on any atom is 0.277 e. The average Bonchev–Trinajstić information content (AvgIpc) is 3.32. The van der Waals surface area contributed by atoms with Crippen LogP contribution in [0.2, 0.25) is 5.15 Å². The SMILES string of the molecule is CCn1c(CNC(=O)c2nc(Cl)c(N)nc2N)[n+](CC2CCOCC2)c2ccc(OCC(=O)NCc3nc(C)ccc3O)cc21. The van der Waals surface area contributed by atoms with E-state index in [0.717, 1.165) is 41.9 Å². The number of rotatable bonds is 11. The molecule has 1 aliphatic heterocycles. The number of aromatic hydroxyl groups is 1. The number of carbonyl (C=O) groups is 2. The van der Waals surface area contributed by atoms with Crippen molar-refractivity contribution in [3.63, 3.8) is 0 Å². The third kappa shape index (κ3) is 7.35. The maximum atomic E-state index is 13.1. The van der Waals surface area contributed by atoms with Crippen molar-refractivity contribution in [3.8, 4) is 11.5 Å². The minimum Gasteiger partial charge on any atom is -0.506 e. The van der Waals surface area contributed by atoms with Gasteiger partial charge in [-0.05, 0) is 51.0 Å². The molecular weight excluding hydrogens is 602 g/mol. The third-order valence-corrected chi connectivity index (χ3v) is 7.97. The molecule has 0 radical (unpaired) electrons.